The molecule has 6 nitrogen and oxygen atoms in total. The van der Waals surface area contributed by atoms with Crippen LogP contribution in [-0.4, -0.2) is 57.3 Å². The third-order valence-electron chi connectivity index (χ3n) is 5.85. The lowest BCUT2D eigenvalue weighted by Crippen LogP contribution is -2.53. The zero-order valence-electron chi connectivity index (χ0n) is 17.2. The van der Waals surface area contributed by atoms with Crippen LogP contribution < -0.4 is 5.32 Å². The smallest absolute Gasteiger partial charge is 0.237 e. The van der Waals surface area contributed by atoms with Gasteiger partial charge in [0.05, 0.1) is 11.7 Å². The van der Waals surface area contributed by atoms with Gasteiger partial charge in [-0.05, 0) is 37.1 Å². The van der Waals surface area contributed by atoms with Gasteiger partial charge >= 0.3 is 0 Å². The predicted octanol–water partition coefficient (Wildman–Crippen LogP) is 2.47. The highest BCUT2D eigenvalue weighted by atomic mass is 16.2. The molecule has 1 saturated heterocycles. The SMILES string of the molecule is Cc1ccccc1CNC(=O)C(C)N1CCN(Cc2cn3ccccc3n2)CC1. The molecule has 2 aromatic heterocycles. The molecule has 0 saturated carbocycles. The second kappa shape index (κ2) is 8.76. The molecular formula is C23H29N5O. The lowest BCUT2D eigenvalue weighted by atomic mass is 10.1. The van der Waals surface area contributed by atoms with Crippen molar-refractivity contribution < 1.29 is 4.79 Å². The quantitative estimate of drug-likeness (QED) is 0.701. The van der Waals surface area contributed by atoms with Gasteiger partial charge in [-0.3, -0.25) is 14.6 Å². The molecule has 0 radical (unpaired) electrons. The summed E-state index contributed by atoms with van der Waals surface area (Å²) < 4.78 is 2.06. The van der Waals surface area contributed by atoms with E-state index in [1.807, 2.05) is 43.5 Å². The zero-order chi connectivity index (χ0) is 20.2. The van der Waals surface area contributed by atoms with Crippen molar-refractivity contribution in [1.82, 2.24) is 24.5 Å². The van der Waals surface area contributed by atoms with E-state index >= 15 is 0 Å². The Morgan fingerprint density at radius 1 is 1.10 bits per heavy atom. The maximum absolute atomic E-state index is 12.6. The first-order valence-corrected chi connectivity index (χ1v) is 10.3. The van der Waals surface area contributed by atoms with E-state index in [-0.39, 0.29) is 11.9 Å². The van der Waals surface area contributed by atoms with E-state index in [1.165, 1.54) is 11.1 Å². The number of piperazine rings is 1. The highest BCUT2D eigenvalue weighted by molar-refractivity contribution is 5.81. The molecule has 1 fully saturated rings. The minimum Gasteiger partial charge on any atom is -0.351 e. The second-order valence-corrected chi connectivity index (χ2v) is 7.83. The first kappa shape index (κ1) is 19.6. The summed E-state index contributed by atoms with van der Waals surface area (Å²) >= 11 is 0. The topological polar surface area (TPSA) is 52.9 Å². The minimum atomic E-state index is -0.114. The number of nitrogens with zero attached hydrogens (tertiary/aromatic N) is 4. The third-order valence-corrected chi connectivity index (χ3v) is 5.85. The van der Waals surface area contributed by atoms with Crippen molar-refractivity contribution in [2.45, 2.75) is 33.0 Å². The molecule has 3 aromatic rings. The standard InChI is InChI=1S/C23H29N5O/c1-18-7-3-4-8-20(18)15-24-23(29)19(2)27-13-11-26(12-14-27)16-21-17-28-10-6-5-9-22(28)25-21/h3-10,17,19H,11-16H2,1-2H3,(H,24,29). The van der Waals surface area contributed by atoms with Crippen molar-refractivity contribution in [3.05, 3.63) is 71.7 Å². The molecule has 0 spiro atoms. The number of carbonyl (C=O) groups is 1. The van der Waals surface area contributed by atoms with Crippen molar-refractivity contribution in [3.8, 4) is 0 Å². The molecule has 1 atom stereocenters. The fourth-order valence-electron chi connectivity index (χ4n) is 3.91. The third kappa shape index (κ3) is 4.66. The van der Waals surface area contributed by atoms with Gasteiger partial charge in [0.2, 0.25) is 5.91 Å². The highest BCUT2D eigenvalue weighted by Crippen LogP contribution is 2.12. The molecule has 0 aliphatic carbocycles. The molecule has 4 rings (SSSR count). The van der Waals surface area contributed by atoms with Crippen molar-refractivity contribution in [1.29, 1.82) is 0 Å². The summed E-state index contributed by atoms with van der Waals surface area (Å²) in [5.74, 6) is 0.0991. The van der Waals surface area contributed by atoms with E-state index in [0.29, 0.717) is 6.54 Å². The number of aryl methyl sites for hydroxylation is 1. The fourth-order valence-corrected chi connectivity index (χ4v) is 3.91. The number of hydrogen-bond donors (Lipinski definition) is 1. The summed E-state index contributed by atoms with van der Waals surface area (Å²) in [5, 5.41) is 3.10. The normalized spacial score (nSPS) is 16.8. The Bertz CT molecular complexity index is 941. The van der Waals surface area contributed by atoms with Gasteiger partial charge in [0, 0.05) is 51.7 Å². The van der Waals surface area contributed by atoms with Gasteiger partial charge < -0.3 is 9.72 Å². The van der Waals surface area contributed by atoms with E-state index in [4.69, 9.17) is 4.98 Å². The number of aromatic nitrogens is 2. The predicted molar refractivity (Wildman–Crippen MR) is 115 cm³/mol. The van der Waals surface area contributed by atoms with E-state index in [2.05, 4.69) is 44.8 Å². The molecule has 1 aromatic carbocycles. The van der Waals surface area contributed by atoms with E-state index < -0.39 is 0 Å². The maximum Gasteiger partial charge on any atom is 0.237 e. The van der Waals surface area contributed by atoms with Crippen LogP contribution in [0, 0.1) is 6.92 Å². The lowest BCUT2D eigenvalue weighted by Gasteiger charge is -2.37. The maximum atomic E-state index is 12.6. The van der Waals surface area contributed by atoms with Crippen molar-refractivity contribution in [2.75, 3.05) is 26.2 Å². The number of carbonyl (C=O) groups excluding carboxylic acids is 1. The number of fused-ring (bicyclic) bond motifs is 1. The Morgan fingerprint density at radius 3 is 2.62 bits per heavy atom. The average Bonchev–Trinajstić information content (AvgIpc) is 3.15. The van der Waals surface area contributed by atoms with Crippen molar-refractivity contribution >= 4 is 11.6 Å². The Kier molecular flexibility index (Phi) is 5.92. The number of pyridine rings is 1. The van der Waals surface area contributed by atoms with Gasteiger partial charge in [-0.15, -0.1) is 0 Å². The average molecular weight is 392 g/mol. The minimum absolute atomic E-state index is 0.0991. The molecule has 1 unspecified atom stereocenters. The number of nitrogens with one attached hydrogen (secondary N) is 1. The van der Waals surface area contributed by atoms with Gasteiger partial charge in [0.15, 0.2) is 0 Å². The summed E-state index contributed by atoms with van der Waals surface area (Å²) in [7, 11) is 0. The lowest BCUT2D eigenvalue weighted by molar-refractivity contribution is -0.126. The second-order valence-electron chi connectivity index (χ2n) is 7.83. The van der Waals surface area contributed by atoms with Crippen molar-refractivity contribution in [3.63, 3.8) is 0 Å². The summed E-state index contributed by atoms with van der Waals surface area (Å²) in [4.78, 5) is 22.0. The summed E-state index contributed by atoms with van der Waals surface area (Å²) in [6.07, 6.45) is 4.13. The van der Waals surface area contributed by atoms with Crippen LogP contribution >= 0.6 is 0 Å². The van der Waals surface area contributed by atoms with Crippen LogP contribution in [-0.2, 0) is 17.9 Å². The molecule has 1 aliphatic heterocycles. The fraction of sp³-hybridized carbons (Fsp3) is 0.391. The van der Waals surface area contributed by atoms with Crippen LogP contribution in [0.2, 0.25) is 0 Å². The number of rotatable bonds is 6. The molecule has 1 aliphatic rings. The van der Waals surface area contributed by atoms with Gasteiger partial charge in [0.1, 0.15) is 5.65 Å². The monoisotopic (exact) mass is 391 g/mol. The zero-order valence-corrected chi connectivity index (χ0v) is 17.2. The molecule has 152 valence electrons. The Labute approximate surface area is 172 Å². The molecular weight excluding hydrogens is 362 g/mol. The Balaban J connectivity index is 1.26. The van der Waals surface area contributed by atoms with Crippen LogP contribution in [0.1, 0.15) is 23.7 Å². The Hall–Kier alpha value is -2.70. The van der Waals surface area contributed by atoms with Crippen LogP contribution in [0.25, 0.3) is 5.65 Å². The number of imidazole rings is 1. The van der Waals surface area contributed by atoms with Gasteiger partial charge in [0.25, 0.3) is 0 Å². The van der Waals surface area contributed by atoms with Crippen LogP contribution in [0.3, 0.4) is 0 Å². The molecule has 6 heteroatoms. The molecule has 1 amide bonds. The van der Waals surface area contributed by atoms with Gasteiger partial charge in [-0.1, -0.05) is 30.3 Å². The van der Waals surface area contributed by atoms with Crippen molar-refractivity contribution in [2.24, 2.45) is 0 Å². The Morgan fingerprint density at radius 2 is 1.86 bits per heavy atom. The largest absolute Gasteiger partial charge is 0.351 e. The molecule has 29 heavy (non-hydrogen) atoms. The van der Waals surface area contributed by atoms with Gasteiger partial charge in [-0.25, -0.2) is 4.98 Å². The van der Waals surface area contributed by atoms with Gasteiger partial charge in [-0.2, -0.15) is 0 Å². The first-order valence-electron chi connectivity index (χ1n) is 10.3. The summed E-state index contributed by atoms with van der Waals surface area (Å²) in [5.41, 5.74) is 4.46. The van der Waals surface area contributed by atoms with E-state index in [1.54, 1.807) is 0 Å². The van der Waals surface area contributed by atoms with Crippen LogP contribution in [0.5, 0.6) is 0 Å². The summed E-state index contributed by atoms with van der Waals surface area (Å²) in [6.45, 7) is 9.20. The molecule has 1 N–H and O–H groups in total. The van der Waals surface area contributed by atoms with E-state index in [9.17, 15) is 4.79 Å². The number of benzene rings is 1. The van der Waals surface area contributed by atoms with E-state index in [0.717, 1.165) is 44.1 Å². The highest BCUT2D eigenvalue weighted by Gasteiger charge is 2.25. The molecule has 3 heterocycles. The van der Waals surface area contributed by atoms with Crippen LogP contribution in [0.4, 0.5) is 0 Å². The van der Waals surface area contributed by atoms with Crippen LogP contribution in [0.15, 0.2) is 54.9 Å². The molecule has 0 bridgehead atoms. The summed E-state index contributed by atoms with van der Waals surface area (Å²) in [6, 6.07) is 14.1. The number of amides is 1. The first-order chi connectivity index (χ1) is 14.1. The number of hydrogen-bond acceptors (Lipinski definition) is 4.